The first kappa shape index (κ1) is 17.2. The average molecular weight is 302 g/mol. The molecule has 6 nitrogen and oxygen atoms in total. The zero-order valence-electron chi connectivity index (χ0n) is 13.0. The van der Waals surface area contributed by atoms with E-state index in [0.29, 0.717) is 11.3 Å². The van der Waals surface area contributed by atoms with Crippen molar-refractivity contribution in [2.75, 3.05) is 7.11 Å². The van der Waals surface area contributed by atoms with E-state index in [-0.39, 0.29) is 17.4 Å². The van der Waals surface area contributed by atoms with E-state index in [1.54, 1.807) is 18.2 Å². The van der Waals surface area contributed by atoms with Crippen molar-refractivity contribution in [3.8, 4) is 17.6 Å². The van der Waals surface area contributed by atoms with Gasteiger partial charge in [0.05, 0.1) is 7.11 Å². The normalized spacial score (nSPS) is 10.8. The topological polar surface area (TPSA) is 88.4 Å². The van der Waals surface area contributed by atoms with Crippen LogP contribution >= 0.6 is 0 Å². The molecule has 0 aromatic heterocycles. The summed E-state index contributed by atoms with van der Waals surface area (Å²) in [6.45, 7) is 4.91. The Labute approximate surface area is 129 Å². The molecule has 1 amide bonds. The van der Waals surface area contributed by atoms with Gasteiger partial charge in [0, 0.05) is 13.0 Å². The van der Waals surface area contributed by atoms with Crippen LogP contribution in [0, 0.1) is 11.3 Å². The number of hydrogen-bond donors (Lipinski definition) is 1. The molecule has 1 rings (SSSR count). The van der Waals surface area contributed by atoms with Crippen LogP contribution in [0.3, 0.4) is 0 Å². The molecule has 0 spiro atoms. The van der Waals surface area contributed by atoms with Crippen LogP contribution in [0.25, 0.3) is 6.08 Å². The van der Waals surface area contributed by atoms with Crippen molar-refractivity contribution in [2.45, 2.75) is 26.8 Å². The predicted molar refractivity (Wildman–Crippen MR) is 81.2 cm³/mol. The van der Waals surface area contributed by atoms with Crippen LogP contribution in [-0.2, 0) is 9.59 Å². The lowest BCUT2D eigenvalue weighted by Crippen LogP contribution is -2.30. The van der Waals surface area contributed by atoms with E-state index in [1.807, 2.05) is 19.9 Å². The van der Waals surface area contributed by atoms with Crippen LogP contribution in [0.2, 0.25) is 0 Å². The lowest BCUT2D eigenvalue weighted by molar-refractivity contribution is -0.132. The lowest BCUT2D eigenvalue weighted by Gasteiger charge is -2.09. The molecule has 0 atom stereocenters. The summed E-state index contributed by atoms with van der Waals surface area (Å²) in [5.41, 5.74) is 0.569. The maximum absolute atomic E-state index is 11.9. The molecule has 0 fully saturated rings. The number of carbonyl (C=O) groups is 2. The summed E-state index contributed by atoms with van der Waals surface area (Å²) < 4.78 is 10.1. The van der Waals surface area contributed by atoms with Crippen molar-refractivity contribution in [3.63, 3.8) is 0 Å². The minimum Gasteiger partial charge on any atom is -0.493 e. The maximum atomic E-state index is 11.9. The molecule has 0 radical (unpaired) electrons. The summed E-state index contributed by atoms with van der Waals surface area (Å²) in [6.07, 6.45) is 1.44. The largest absolute Gasteiger partial charge is 0.493 e. The highest BCUT2D eigenvalue weighted by Crippen LogP contribution is 2.29. The number of nitrogens with zero attached hydrogens (tertiary/aromatic N) is 1. The molecule has 0 aliphatic heterocycles. The summed E-state index contributed by atoms with van der Waals surface area (Å²) in [6, 6.07) is 6.55. The maximum Gasteiger partial charge on any atom is 0.308 e. The summed E-state index contributed by atoms with van der Waals surface area (Å²) in [4.78, 5) is 22.9. The summed E-state index contributed by atoms with van der Waals surface area (Å²) >= 11 is 0. The van der Waals surface area contributed by atoms with Crippen LogP contribution in [0.1, 0.15) is 26.3 Å². The number of nitrogens with one attached hydrogen (secondary N) is 1. The molecule has 0 unspecified atom stereocenters. The SMILES string of the molecule is COc1cc(/C=C(\C#N)C(=O)NC(C)C)ccc1OC(C)=O. The molecule has 0 bridgehead atoms. The second kappa shape index (κ2) is 7.84. The van der Waals surface area contributed by atoms with Gasteiger partial charge in [-0.25, -0.2) is 0 Å². The third-order valence-electron chi connectivity index (χ3n) is 2.54. The zero-order chi connectivity index (χ0) is 16.7. The molecule has 1 aromatic rings. The minimum atomic E-state index is -0.462. The molecule has 1 aromatic carbocycles. The van der Waals surface area contributed by atoms with Crippen molar-refractivity contribution in [2.24, 2.45) is 0 Å². The van der Waals surface area contributed by atoms with E-state index in [2.05, 4.69) is 5.32 Å². The van der Waals surface area contributed by atoms with Gasteiger partial charge in [-0.15, -0.1) is 0 Å². The number of amides is 1. The third-order valence-corrected chi connectivity index (χ3v) is 2.54. The van der Waals surface area contributed by atoms with Crippen molar-refractivity contribution >= 4 is 18.0 Å². The third kappa shape index (κ3) is 4.94. The number of rotatable bonds is 5. The molecule has 6 heteroatoms. The molecule has 0 saturated heterocycles. The molecule has 22 heavy (non-hydrogen) atoms. The molecule has 0 aliphatic rings. The highest BCUT2D eigenvalue weighted by molar-refractivity contribution is 6.01. The molecule has 0 aliphatic carbocycles. The molecule has 0 heterocycles. The number of ether oxygens (including phenoxy) is 2. The van der Waals surface area contributed by atoms with Crippen molar-refractivity contribution < 1.29 is 19.1 Å². The van der Waals surface area contributed by atoms with Gasteiger partial charge in [-0.3, -0.25) is 9.59 Å². The average Bonchev–Trinajstić information content (AvgIpc) is 2.44. The standard InChI is InChI=1S/C16H18N2O4/c1-10(2)18-16(20)13(9-17)7-12-5-6-14(22-11(3)19)15(8-12)21-4/h5-8,10H,1-4H3,(H,18,20)/b13-7+. The van der Waals surface area contributed by atoms with Gasteiger partial charge in [0.15, 0.2) is 11.5 Å². The van der Waals surface area contributed by atoms with E-state index in [4.69, 9.17) is 14.7 Å². The summed E-state index contributed by atoms with van der Waals surface area (Å²) in [5.74, 6) is -0.293. The summed E-state index contributed by atoms with van der Waals surface area (Å²) in [7, 11) is 1.44. The minimum absolute atomic E-state index is 0.0176. The molecule has 1 N–H and O–H groups in total. The van der Waals surface area contributed by atoms with Crippen LogP contribution < -0.4 is 14.8 Å². The van der Waals surface area contributed by atoms with E-state index >= 15 is 0 Å². The fourth-order valence-electron chi connectivity index (χ4n) is 1.67. The van der Waals surface area contributed by atoms with E-state index in [1.165, 1.54) is 20.1 Å². The van der Waals surface area contributed by atoms with Crippen LogP contribution in [-0.4, -0.2) is 25.0 Å². The Morgan fingerprint density at radius 3 is 2.50 bits per heavy atom. The lowest BCUT2D eigenvalue weighted by atomic mass is 10.1. The Bertz CT molecular complexity index is 642. The second-order valence-corrected chi connectivity index (χ2v) is 4.80. The van der Waals surface area contributed by atoms with Gasteiger partial charge in [0.25, 0.3) is 5.91 Å². The highest BCUT2D eigenvalue weighted by Gasteiger charge is 2.12. The van der Waals surface area contributed by atoms with Crippen molar-refractivity contribution in [3.05, 3.63) is 29.3 Å². The first-order chi connectivity index (χ1) is 10.4. The Morgan fingerprint density at radius 2 is 2.00 bits per heavy atom. The fraction of sp³-hybridized carbons (Fsp3) is 0.312. The van der Waals surface area contributed by atoms with Crippen molar-refractivity contribution in [1.82, 2.24) is 5.32 Å². The smallest absolute Gasteiger partial charge is 0.308 e. The Kier molecular flexibility index (Phi) is 6.14. The van der Waals surface area contributed by atoms with Gasteiger partial charge in [0.2, 0.25) is 0 Å². The van der Waals surface area contributed by atoms with Gasteiger partial charge < -0.3 is 14.8 Å². The van der Waals surface area contributed by atoms with Crippen molar-refractivity contribution in [1.29, 1.82) is 5.26 Å². The zero-order valence-corrected chi connectivity index (χ0v) is 13.0. The van der Waals surface area contributed by atoms with Gasteiger partial charge in [0.1, 0.15) is 11.6 Å². The summed E-state index contributed by atoms with van der Waals surface area (Å²) in [5, 5.41) is 11.7. The van der Waals surface area contributed by atoms with E-state index in [0.717, 1.165) is 0 Å². The van der Waals surface area contributed by atoms with Gasteiger partial charge in [-0.2, -0.15) is 5.26 Å². The van der Waals surface area contributed by atoms with Gasteiger partial charge in [-0.05, 0) is 37.6 Å². The number of carbonyl (C=O) groups excluding carboxylic acids is 2. The van der Waals surface area contributed by atoms with E-state index in [9.17, 15) is 9.59 Å². The number of benzene rings is 1. The number of methoxy groups -OCH3 is 1. The fourth-order valence-corrected chi connectivity index (χ4v) is 1.67. The quantitative estimate of drug-likeness (QED) is 0.389. The van der Waals surface area contributed by atoms with E-state index < -0.39 is 11.9 Å². The predicted octanol–water partition coefficient (Wildman–Crippen LogP) is 2.05. The molecule has 116 valence electrons. The molecule has 0 saturated carbocycles. The molecular weight excluding hydrogens is 284 g/mol. The Hall–Kier alpha value is -2.81. The van der Waals surface area contributed by atoms with Crippen LogP contribution in [0.4, 0.5) is 0 Å². The monoisotopic (exact) mass is 302 g/mol. The number of nitriles is 1. The van der Waals surface area contributed by atoms with Gasteiger partial charge in [-0.1, -0.05) is 6.07 Å². The number of hydrogen-bond acceptors (Lipinski definition) is 5. The Morgan fingerprint density at radius 1 is 1.32 bits per heavy atom. The first-order valence-electron chi connectivity index (χ1n) is 6.66. The van der Waals surface area contributed by atoms with Crippen LogP contribution in [0.15, 0.2) is 23.8 Å². The second-order valence-electron chi connectivity index (χ2n) is 4.80. The Balaban J connectivity index is 3.10. The van der Waals surface area contributed by atoms with Gasteiger partial charge >= 0.3 is 5.97 Å². The van der Waals surface area contributed by atoms with Crippen LogP contribution in [0.5, 0.6) is 11.5 Å². The first-order valence-corrected chi connectivity index (χ1v) is 6.66. The highest BCUT2D eigenvalue weighted by atomic mass is 16.6. The molecular formula is C16H18N2O4. The number of esters is 1.